The number of hydrogen-bond donors (Lipinski definition) is 0. The summed E-state index contributed by atoms with van der Waals surface area (Å²) in [7, 11) is 3.15. The molecule has 1 aliphatic rings. The molecular weight excluding hydrogens is 394 g/mol. The Morgan fingerprint density at radius 1 is 1.17 bits per heavy atom. The summed E-state index contributed by atoms with van der Waals surface area (Å²) in [4.78, 5) is 19.3. The first kappa shape index (κ1) is 19.3. The molecule has 4 rings (SSSR count). The van der Waals surface area contributed by atoms with Crippen molar-refractivity contribution in [1.82, 2.24) is 15.0 Å². The Morgan fingerprint density at radius 2 is 2.00 bits per heavy atom. The molecule has 1 atom stereocenters. The van der Waals surface area contributed by atoms with Gasteiger partial charge in [0.25, 0.3) is 5.91 Å². The second kappa shape index (κ2) is 8.13. The number of likely N-dealkylation sites (tertiary alicyclic amines) is 1. The fourth-order valence-corrected chi connectivity index (χ4v) is 3.71. The number of nitrogens with zero attached hydrogens (tertiary/aromatic N) is 3. The summed E-state index contributed by atoms with van der Waals surface area (Å²) in [5.74, 6) is 1.95. The van der Waals surface area contributed by atoms with E-state index in [0.29, 0.717) is 40.3 Å². The number of hydrogen-bond acceptors (Lipinski definition) is 6. The minimum Gasteiger partial charge on any atom is -0.493 e. The molecule has 3 aromatic rings. The van der Waals surface area contributed by atoms with Crippen molar-refractivity contribution in [2.45, 2.75) is 18.9 Å². The van der Waals surface area contributed by atoms with Crippen LogP contribution in [0.25, 0.3) is 11.4 Å². The number of halogens is 1. The summed E-state index contributed by atoms with van der Waals surface area (Å²) in [5, 5.41) is 4.63. The second-order valence-electron chi connectivity index (χ2n) is 6.69. The summed E-state index contributed by atoms with van der Waals surface area (Å²) in [6.45, 7) is 0.629. The first-order chi connectivity index (χ1) is 14.1. The van der Waals surface area contributed by atoms with Crippen LogP contribution >= 0.6 is 11.6 Å². The Kier molecular flexibility index (Phi) is 5.40. The van der Waals surface area contributed by atoms with Crippen molar-refractivity contribution in [2.24, 2.45) is 0 Å². The van der Waals surface area contributed by atoms with E-state index < -0.39 is 0 Å². The van der Waals surface area contributed by atoms with Crippen LogP contribution in [-0.4, -0.2) is 41.7 Å². The van der Waals surface area contributed by atoms with Crippen LogP contribution in [0.1, 0.15) is 35.1 Å². The van der Waals surface area contributed by atoms with Gasteiger partial charge in [-0.1, -0.05) is 22.8 Å². The lowest BCUT2D eigenvalue weighted by Gasteiger charge is -2.22. The maximum atomic E-state index is 13.0. The van der Waals surface area contributed by atoms with E-state index in [-0.39, 0.29) is 11.9 Å². The molecule has 2 heterocycles. The van der Waals surface area contributed by atoms with Gasteiger partial charge in [-0.3, -0.25) is 4.79 Å². The van der Waals surface area contributed by atoms with Gasteiger partial charge in [-0.15, -0.1) is 0 Å². The molecule has 0 aliphatic carbocycles. The Morgan fingerprint density at radius 3 is 2.76 bits per heavy atom. The zero-order valence-corrected chi connectivity index (χ0v) is 16.8. The zero-order valence-electron chi connectivity index (χ0n) is 16.1. The van der Waals surface area contributed by atoms with E-state index in [1.165, 1.54) is 0 Å². The molecule has 0 spiro atoms. The van der Waals surface area contributed by atoms with Crippen LogP contribution in [-0.2, 0) is 0 Å². The van der Waals surface area contributed by atoms with Gasteiger partial charge in [0.2, 0.25) is 11.7 Å². The highest BCUT2D eigenvalue weighted by atomic mass is 35.5. The third-order valence-corrected chi connectivity index (χ3v) is 5.19. The fraction of sp³-hybridized carbons (Fsp3) is 0.286. The summed E-state index contributed by atoms with van der Waals surface area (Å²) >= 11 is 6.04. The summed E-state index contributed by atoms with van der Waals surface area (Å²) in [6, 6.07) is 12.1. The average Bonchev–Trinajstić information content (AvgIpc) is 3.42. The van der Waals surface area contributed by atoms with Crippen LogP contribution in [0.2, 0.25) is 5.02 Å². The van der Waals surface area contributed by atoms with Crippen LogP contribution < -0.4 is 9.47 Å². The molecule has 2 aromatic carbocycles. The standard InChI is InChI=1S/C21H20ClN3O4/c1-27-17-9-8-13(12-18(17)28-2)19-23-20(29-24-19)16-7-4-10-25(16)21(26)14-5-3-6-15(22)11-14/h3,5-6,8-9,11-12,16H,4,7,10H2,1-2H3. The third kappa shape index (κ3) is 3.78. The molecule has 1 aliphatic heterocycles. The van der Waals surface area contributed by atoms with Crippen molar-refractivity contribution in [1.29, 1.82) is 0 Å². The van der Waals surface area contributed by atoms with Gasteiger partial charge in [-0.2, -0.15) is 4.98 Å². The van der Waals surface area contributed by atoms with Gasteiger partial charge < -0.3 is 18.9 Å². The van der Waals surface area contributed by atoms with Gasteiger partial charge in [0.05, 0.1) is 14.2 Å². The molecule has 1 saturated heterocycles. The average molecular weight is 414 g/mol. The monoisotopic (exact) mass is 413 g/mol. The van der Waals surface area contributed by atoms with E-state index in [0.717, 1.165) is 18.4 Å². The van der Waals surface area contributed by atoms with Crippen molar-refractivity contribution < 1.29 is 18.8 Å². The first-order valence-corrected chi connectivity index (χ1v) is 9.61. The van der Waals surface area contributed by atoms with Crippen molar-refractivity contribution in [3.05, 3.63) is 58.9 Å². The molecule has 29 heavy (non-hydrogen) atoms. The lowest BCUT2D eigenvalue weighted by Crippen LogP contribution is -2.30. The van der Waals surface area contributed by atoms with E-state index in [4.69, 9.17) is 25.6 Å². The van der Waals surface area contributed by atoms with E-state index in [9.17, 15) is 4.79 Å². The maximum absolute atomic E-state index is 13.0. The van der Waals surface area contributed by atoms with Crippen molar-refractivity contribution in [3.8, 4) is 22.9 Å². The first-order valence-electron chi connectivity index (χ1n) is 9.23. The minimum atomic E-state index is -0.261. The number of methoxy groups -OCH3 is 2. The number of aromatic nitrogens is 2. The van der Waals surface area contributed by atoms with Gasteiger partial charge in [0, 0.05) is 22.7 Å². The Bertz CT molecular complexity index is 1040. The molecule has 0 bridgehead atoms. The SMILES string of the molecule is COc1ccc(-c2noc(C3CCCN3C(=O)c3cccc(Cl)c3)n2)cc1OC. The smallest absolute Gasteiger partial charge is 0.254 e. The normalized spacial score (nSPS) is 16.1. The van der Waals surface area contributed by atoms with Gasteiger partial charge in [0.15, 0.2) is 11.5 Å². The van der Waals surface area contributed by atoms with Crippen molar-refractivity contribution >= 4 is 17.5 Å². The summed E-state index contributed by atoms with van der Waals surface area (Å²) < 4.78 is 16.1. The Balaban J connectivity index is 1.59. The topological polar surface area (TPSA) is 77.7 Å². The number of amides is 1. The quantitative estimate of drug-likeness (QED) is 0.617. The van der Waals surface area contributed by atoms with E-state index >= 15 is 0 Å². The molecule has 1 amide bonds. The predicted molar refractivity (Wildman–Crippen MR) is 107 cm³/mol. The van der Waals surface area contributed by atoms with Crippen molar-refractivity contribution in [2.75, 3.05) is 20.8 Å². The van der Waals surface area contributed by atoms with Crippen LogP contribution in [0, 0.1) is 0 Å². The second-order valence-corrected chi connectivity index (χ2v) is 7.13. The van der Waals surface area contributed by atoms with Crippen molar-refractivity contribution in [3.63, 3.8) is 0 Å². The molecule has 7 nitrogen and oxygen atoms in total. The molecule has 150 valence electrons. The Labute approximate surface area is 173 Å². The predicted octanol–water partition coefficient (Wildman–Crippen LogP) is 4.38. The number of ether oxygens (including phenoxy) is 2. The van der Waals surface area contributed by atoms with Gasteiger partial charge in [0.1, 0.15) is 6.04 Å². The zero-order chi connectivity index (χ0) is 20.4. The fourth-order valence-electron chi connectivity index (χ4n) is 3.52. The number of carbonyl (C=O) groups is 1. The highest BCUT2D eigenvalue weighted by Crippen LogP contribution is 2.35. The van der Waals surface area contributed by atoms with Crippen LogP contribution in [0.15, 0.2) is 47.0 Å². The number of carbonyl (C=O) groups excluding carboxylic acids is 1. The molecule has 1 fully saturated rings. The van der Waals surface area contributed by atoms with E-state index in [1.54, 1.807) is 55.5 Å². The number of rotatable bonds is 5. The minimum absolute atomic E-state index is 0.0964. The molecule has 0 N–H and O–H groups in total. The van der Waals surface area contributed by atoms with Crippen LogP contribution in [0.5, 0.6) is 11.5 Å². The largest absolute Gasteiger partial charge is 0.493 e. The van der Waals surface area contributed by atoms with Gasteiger partial charge >= 0.3 is 0 Å². The molecule has 0 saturated carbocycles. The van der Waals surface area contributed by atoms with E-state index in [1.807, 2.05) is 6.07 Å². The van der Waals surface area contributed by atoms with Crippen LogP contribution in [0.4, 0.5) is 0 Å². The lowest BCUT2D eigenvalue weighted by molar-refractivity contribution is 0.0710. The highest BCUT2D eigenvalue weighted by molar-refractivity contribution is 6.30. The highest BCUT2D eigenvalue weighted by Gasteiger charge is 2.34. The Hall–Kier alpha value is -3.06. The lowest BCUT2D eigenvalue weighted by atomic mass is 10.1. The third-order valence-electron chi connectivity index (χ3n) is 4.95. The molecule has 1 aromatic heterocycles. The summed E-state index contributed by atoms with van der Waals surface area (Å²) in [5.41, 5.74) is 1.28. The molecule has 0 radical (unpaired) electrons. The van der Waals surface area contributed by atoms with Gasteiger partial charge in [-0.25, -0.2) is 0 Å². The van der Waals surface area contributed by atoms with Gasteiger partial charge in [-0.05, 0) is 49.2 Å². The maximum Gasteiger partial charge on any atom is 0.254 e. The summed E-state index contributed by atoms with van der Waals surface area (Å²) in [6.07, 6.45) is 1.63. The van der Waals surface area contributed by atoms with E-state index in [2.05, 4.69) is 10.1 Å². The number of benzene rings is 2. The molecule has 8 heteroatoms. The van der Waals surface area contributed by atoms with Crippen LogP contribution in [0.3, 0.4) is 0 Å². The molecular formula is C21H20ClN3O4. The molecule has 1 unspecified atom stereocenters.